The molecule has 4 rings (SSSR count). The Labute approximate surface area is 399 Å². The van der Waals surface area contributed by atoms with Crippen molar-refractivity contribution in [3.63, 3.8) is 0 Å². The lowest BCUT2D eigenvalue weighted by molar-refractivity contribution is -0.708. The van der Waals surface area contributed by atoms with E-state index in [9.17, 15) is 53.4 Å². The normalized spacial score (nSPS) is 13.5. The van der Waals surface area contributed by atoms with Crippen LogP contribution in [0, 0.1) is 5.82 Å². The Morgan fingerprint density at radius 3 is 1.71 bits per heavy atom. The molecule has 0 heterocycles. The Kier molecular flexibility index (Phi) is 20.2. The summed E-state index contributed by atoms with van der Waals surface area (Å²) in [5.74, 6) is -2.34. The highest BCUT2D eigenvalue weighted by Crippen LogP contribution is 2.43. The molecule has 0 aliphatic rings. The molecule has 0 aliphatic heterocycles. The maximum Gasteiger partial charge on any atom is 0.514 e. The lowest BCUT2D eigenvalue weighted by Crippen LogP contribution is -3.00. The van der Waals surface area contributed by atoms with Crippen LogP contribution >= 0.6 is 15.6 Å². The SMILES string of the molecule is COc1cc(F)c(C(C)C)cc1-c1ccc(C(F)(F)F)cc1C[NH2+][C@@H](C)[C@H](OC(=O)Oc1ccc(OC(COP(=O)(O)O)COP(=O)(O)O)cc1OC(C)C)c1cc(C(F)(F)F)cc(C(F)(F)F)c1.[Cl-]. The molecule has 0 amide bonds. The maximum absolute atomic E-state index is 15.0. The van der Waals surface area contributed by atoms with Crippen molar-refractivity contribution in [3.05, 3.63) is 106 Å². The maximum atomic E-state index is 15.0. The molecule has 15 nitrogen and oxygen atoms in total. The third-order valence-electron chi connectivity index (χ3n) is 9.64. The van der Waals surface area contributed by atoms with Gasteiger partial charge in [-0.1, -0.05) is 19.9 Å². The largest absolute Gasteiger partial charge is 1.00 e. The fourth-order valence-corrected chi connectivity index (χ4v) is 7.25. The average molecular weight is 1080 g/mol. The summed E-state index contributed by atoms with van der Waals surface area (Å²) in [6.07, 6.45) is -21.9. The van der Waals surface area contributed by atoms with Crippen LogP contribution in [0.2, 0.25) is 0 Å². The van der Waals surface area contributed by atoms with Crippen LogP contribution < -0.4 is 36.7 Å². The number of alkyl halides is 9. The van der Waals surface area contributed by atoms with Gasteiger partial charge < -0.3 is 61.0 Å². The summed E-state index contributed by atoms with van der Waals surface area (Å²) < 4.78 is 201. The van der Waals surface area contributed by atoms with Gasteiger partial charge in [0.15, 0.2) is 17.6 Å². The van der Waals surface area contributed by atoms with Gasteiger partial charge in [0, 0.05) is 23.3 Å². The molecule has 70 heavy (non-hydrogen) atoms. The van der Waals surface area contributed by atoms with Crippen LogP contribution in [0.1, 0.15) is 80.0 Å². The second-order valence-corrected chi connectivity index (χ2v) is 18.2. The van der Waals surface area contributed by atoms with Gasteiger partial charge >= 0.3 is 40.3 Å². The Bertz CT molecular complexity index is 2480. The minimum atomic E-state index is -5.38. The molecule has 0 aromatic heterocycles. The van der Waals surface area contributed by atoms with E-state index in [0.717, 1.165) is 42.5 Å². The lowest BCUT2D eigenvalue weighted by atomic mass is 9.92. The van der Waals surface area contributed by atoms with Crippen molar-refractivity contribution in [2.45, 2.75) is 90.0 Å². The minimum Gasteiger partial charge on any atom is -1.00 e. The zero-order chi connectivity index (χ0) is 52.0. The molecule has 0 saturated carbocycles. The van der Waals surface area contributed by atoms with E-state index >= 15 is 4.39 Å². The first-order valence-electron chi connectivity index (χ1n) is 20.1. The first kappa shape index (κ1) is 59.6. The van der Waals surface area contributed by atoms with E-state index < -0.39 is 124 Å². The van der Waals surface area contributed by atoms with Gasteiger partial charge in [-0.15, -0.1) is 0 Å². The van der Waals surface area contributed by atoms with E-state index in [-0.39, 0.29) is 70.1 Å². The second-order valence-electron chi connectivity index (χ2n) is 15.7. The van der Waals surface area contributed by atoms with Crippen LogP contribution in [0.25, 0.3) is 11.1 Å². The quantitative estimate of drug-likeness (QED) is 0.0265. The van der Waals surface area contributed by atoms with Gasteiger partial charge in [0.2, 0.25) is 0 Å². The minimum absolute atomic E-state index is 0. The highest BCUT2D eigenvalue weighted by atomic mass is 35.5. The number of phosphoric acid groups is 2. The molecule has 6 N–H and O–H groups in total. The number of benzene rings is 4. The van der Waals surface area contributed by atoms with E-state index in [2.05, 4.69) is 9.05 Å². The number of hydrogen-bond donors (Lipinski definition) is 5. The van der Waals surface area contributed by atoms with Crippen LogP contribution in [0.4, 0.5) is 48.7 Å². The molecule has 28 heteroatoms. The van der Waals surface area contributed by atoms with Crippen molar-refractivity contribution in [1.82, 2.24) is 0 Å². The summed E-state index contributed by atoms with van der Waals surface area (Å²) >= 11 is 0. The molecule has 4 aromatic rings. The van der Waals surface area contributed by atoms with Gasteiger partial charge in [-0.05, 0) is 91.9 Å². The van der Waals surface area contributed by atoms with Crippen LogP contribution in [0.5, 0.6) is 23.0 Å². The van der Waals surface area contributed by atoms with Crippen LogP contribution in [0.15, 0.2) is 66.7 Å². The predicted molar refractivity (Wildman–Crippen MR) is 221 cm³/mol. The van der Waals surface area contributed by atoms with E-state index in [1.54, 1.807) is 13.8 Å². The summed E-state index contributed by atoms with van der Waals surface area (Å²) in [4.78, 5) is 50.1. The number of quaternary nitrogens is 1. The molecule has 390 valence electrons. The summed E-state index contributed by atoms with van der Waals surface area (Å²) in [6, 6.07) is 6.95. The molecule has 4 aromatic carbocycles. The zero-order valence-electron chi connectivity index (χ0n) is 37.4. The first-order valence-corrected chi connectivity index (χ1v) is 23.2. The molecule has 0 radical (unpaired) electrons. The lowest BCUT2D eigenvalue weighted by Gasteiger charge is -2.25. The molecular weight excluding hydrogens is 1030 g/mol. The highest BCUT2D eigenvalue weighted by Gasteiger charge is 2.40. The van der Waals surface area contributed by atoms with Crippen LogP contribution in [0.3, 0.4) is 0 Å². The molecular formula is C42H46ClF10NO14P2. The van der Waals surface area contributed by atoms with Crippen molar-refractivity contribution < 1.29 is 128 Å². The molecule has 0 saturated heterocycles. The first-order chi connectivity index (χ1) is 31.6. The monoisotopic (exact) mass is 1080 g/mol. The van der Waals surface area contributed by atoms with E-state index in [1.165, 1.54) is 39.3 Å². The summed E-state index contributed by atoms with van der Waals surface area (Å²) in [7, 11) is -9.12. The zero-order valence-corrected chi connectivity index (χ0v) is 39.9. The van der Waals surface area contributed by atoms with Crippen molar-refractivity contribution in [3.8, 4) is 34.1 Å². The number of ether oxygens (including phenoxy) is 5. The van der Waals surface area contributed by atoms with Gasteiger partial charge in [-0.2, -0.15) is 39.5 Å². The summed E-state index contributed by atoms with van der Waals surface area (Å²) in [6.45, 7) is 4.99. The van der Waals surface area contributed by atoms with Gasteiger partial charge in [-0.25, -0.2) is 18.3 Å². The Balaban J connectivity index is 0.0000130. The topological polar surface area (TPSA) is 213 Å². The molecule has 0 aliphatic carbocycles. The number of rotatable bonds is 20. The Morgan fingerprint density at radius 1 is 0.671 bits per heavy atom. The van der Waals surface area contributed by atoms with Gasteiger partial charge in [0.05, 0.1) is 43.1 Å². The van der Waals surface area contributed by atoms with Crippen molar-refractivity contribution >= 4 is 21.8 Å². The number of phosphoric ester groups is 2. The molecule has 0 fully saturated rings. The van der Waals surface area contributed by atoms with Gasteiger partial charge in [0.25, 0.3) is 0 Å². The molecule has 0 bridgehead atoms. The highest BCUT2D eigenvalue weighted by molar-refractivity contribution is 7.46. The van der Waals surface area contributed by atoms with E-state index in [4.69, 9.17) is 43.3 Å². The number of halogens is 11. The standard InChI is InChI=1S/C42H45F10NO14P2.ClH/c1-21(2)32-16-33(36(61-6)17-34(32)43)31-9-7-26(40(44,45)46)13-25(31)18-53-23(5)38(24-11-27(41(47,48)49)14-28(12-24)42(50,51)52)67-39(54)66-35-10-8-29(15-37(35)64-22(3)4)65-30(19-62-68(55,56)57)20-63-69(58,59)60;/h7-17,21-23,30,38,53H,18-20H2,1-6H3,(H2,55,56,57)(H2,58,59,60);1H/t23-,38-;/m0./s1. The predicted octanol–water partition coefficient (Wildman–Crippen LogP) is 6.85. The smallest absolute Gasteiger partial charge is 0.514 e. The van der Waals surface area contributed by atoms with Crippen molar-refractivity contribution in [2.24, 2.45) is 0 Å². The third kappa shape index (κ3) is 17.6. The van der Waals surface area contributed by atoms with Gasteiger partial charge in [0.1, 0.15) is 36.0 Å². The van der Waals surface area contributed by atoms with Gasteiger partial charge in [-0.3, -0.25) is 9.05 Å². The third-order valence-corrected chi connectivity index (χ3v) is 10.6. The average Bonchev–Trinajstić information content (AvgIpc) is 3.21. The number of carbonyl (C=O) groups excluding carboxylic acids is 1. The Hall–Kier alpha value is -4.68. The van der Waals surface area contributed by atoms with Crippen molar-refractivity contribution in [1.29, 1.82) is 0 Å². The van der Waals surface area contributed by atoms with Crippen LogP contribution in [-0.2, 0) is 48.0 Å². The summed E-state index contributed by atoms with van der Waals surface area (Å²) in [5, 5.41) is 1.17. The second kappa shape index (κ2) is 23.7. The number of nitrogens with two attached hydrogens (primary N) is 1. The molecule has 0 spiro atoms. The molecule has 2 atom stereocenters. The van der Waals surface area contributed by atoms with Crippen LogP contribution in [-0.4, -0.2) is 64.3 Å². The van der Waals surface area contributed by atoms with E-state index in [0.29, 0.717) is 0 Å². The fraction of sp³-hybridized carbons (Fsp3) is 0.405. The fourth-order valence-electron chi connectivity index (χ4n) is 6.53. The van der Waals surface area contributed by atoms with Crippen molar-refractivity contribution in [2.75, 3.05) is 20.3 Å². The Morgan fingerprint density at radius 2 is 1.23 bits per heavy atom. The summed E-state index contributed by atoms with van der Waals surface area (Å²) in [5.41, 5.74) is -5.33. The number of methoxy groups -OCH3 is 1. The molecule has 0 unspecified atom stereocenters. The number of carbonyl (C=O) groups is 1. The number of hydrogen-bond acceptors (Lipinski definition) is 10. The van der Waals surface area contributed by atoms with E-state index in [1.807, 2.05) is 0 Å².